The van der Waals surface area contributed by atoms with Crippen molar-refractivity contribution in [3.63, 3.8) is 0 Å². The lowest BCUT2D eigenvalue weighted by Crippen LogP contribution is -2.40. The minimum Gasteiger partial charge on any atom is -0.381 e. The van der Waals surface area contributed by atoms with Crippen LogP contribution in [0, 0.1) is 11.8 Å². The van der Waals surface area contributed by atoms with Gasteiger partial charge in [-0.2, -0.15) is 0 Å². The fraction of sp³-hybridized carbons (Fsp3) is 1.00. The summed E-state index contributed by atoms with van der Waals surface area (Å²) >= 11 is 0. The van der Waals surface area contributed by atoms with E-state index in [0.717, 1.165) is 25.0 Å². The molecule has 2 nitrogen and oxygen atoms in total. The molecule has 0 unspecified atom stereocenters. The predicted molar refractivity (Wildman–Crippen MR) is 51.3 cm³/mol. The van der Waals surface area contributed by atoms with Gasteiger partial charge in [0.05, 0.1) is 13.2 Å². The summed E-state index contributed by atoms with van der Waals surface area (Å²) < 4.78 is 5.16. The van der Waals surface area contributed by atoms with Crippen LogP contribution in [0.15, 0.2) is 0 Å². The molecule has 0 amide bonds. The van der Waals surface area contributed by atoms with Crippen LogP contribution in [0.25, 0.3) is 0 Å². The van der Waals surface area contributed by atoms with Gasteiger partial charge in [-0.15, -0.1) is 0 Å². The van der Waals surface area contributed by atoms with Crippen LogP contribution in [0.1, 0.15) is 20.8 Å². The Morgan fingerprint density at radius 2 is 2.08 bits per heavy atom. The number of ether oxygens (including phenoxy) is 1. The van der Waals surface area contributed by atoms with Crippen LogP contribution in [0.5, 0.6) is 0 Å². The first-order valence-electron chi connectivity index (χ1n) is 5.02. The first-order valence-corrected chi connectivity index (χ1v) is 5.02. The Morgan fingerprint density at radius 1 is 1.42 bits per heavy atom. The molecule has 0 aromatic rings. The quantitative estimate of drug-likeness (QED) is 0.623. The molecule has 0 aromatic carbocycles. The van der Waals surface area contributed by atoms with Crippen molar-refractivity contribution in [2.45, 2.75) is 20.8 Å². The van der Waals surface area contributed by atoms with Crippen LogP contribution in [-0.2, 0) is 4.74 Å². The number of hydrogen-bond acceptors (Lipinski definition) is 2. The van der Waals surface area contributed by atoms with Gasteiger partial charge in [0.1, 0.15) is 0 Å². The molecule has 0 spiro atoms. The highest BCUT2D eigenvalue weighted by atomic mass is 16.5. The molecule has 12 heavy (non-hydrogen) atoms. The maximum absolute atomic E-state index is 5.16. The van der Waals surface area contributed by atoms with Gasteiger partial charge in [0, 0.05) is 19.0 Å². The van der Waals surface area contributed by atoms with Gasteiger partial charge in [0.25, 0.3) is 0 Å². The molecule has 1 aliphatic heterocycles. The van der Waals surface area contributed by atoms with Gasteiger partial charge in [0.15, 0.2) is 0 Å². The van der Waals surface area contributed by atoms with Crippen LogP contribution in [0.3, 0.4) is 0 Å². The van der Waals surface area contributed by atoms with Gasteiger partial charge in [-0.25, -0.2) is 0 Å². The highest BCUT2D eigenvalue weighted by molar-refractivity contribution is 4.70. The first-order chi connectivity index (χ1) is 5.72. The molecular weight excluding hydrogens is 150 g/mol. The van der Waals surface area contributed by atoms with Gasteiger partial charge in [-0.1, -0.05) is 20.8 Å². The van der Waals surface area contributed by atoms with Crippen molar-refractivity contribution in [3.05, 3.63) is 0 Å². The molecule has 0 saturated carbocycles. The van der Waals surface area contributed by atoms with Crippen molar-refractivity contribution >= 4 is 0 Å². The summed E-state index contributed by atoms with van der Waals surface area (Å²) in [4.78, 5) is 2.53. The average molecular weight is 171 g/mol. The molecule has 0 aromatic heterocycles. The predicted octanol–water partition coefficient (Wildman–Crippen LogP) is 1.61. The lowest BCUT2D eigenvalue weighted by Gasteiger charge is -2.32. The highest BCUT2D eigenvalue weighted by Gasteiger charge is 2.20. The Labute approximate surface area is 75.9 Å². The van der Waals surface area contributed by atoms with E-state index in [1.54, 1.807) is 0 Å². The Kier molecular flexibility index (Phi) is 4.02. The van der Waals surface area contributed by atoms with Crippen molar-refractivity contribution < 1.29 is 4.74 Å². The van der Waals surface area contributed by atoms with E-state index in [0.29, 0.717) is 0 Å². The van der Waals surface area contributed by atoms with E-state index in [2.05, 4.69) is 25.7 Å². The third-order valence-electron chi connectivity index (χ3n) is 2.29. The minimum atomic E-state index is 0.783. The van der Waals surface area contributed by atoms with E-state index in [9.17, 15) is 0 Å². The maximum Gasteiger partial charge on any atom is 0.0528 e. The molecule has 0 atom stereocenters. The summed E-state index contributed by atoms with van der Waals surface area (Å²) in [6.45, 7) is 12.4. The lowest BCUT2D eigenvalue weighted by atomic mass is 10.1. The van der Waals surface area contributed by atoms with Crippen LogP contribution >= 0.6 is 0 Å². The van der Waals surface area contributed by atoms with Crippen LogP contribution in [-0.4, -0.2) is 37.7 Å². The first kappa shape index (κ1) is 10.0. The SMILES string of the molecule is CCN(CC(C)C)CC1COC1. The smallest absolute Gasteiger partial charge is 0.0528 e. The monoisotopic (exact) mass is 171 g/mol. The van der Waals surface area contributed by atoms with Crippen molar-refractivity contribution in [2.75, 3.05) is 32.8 Å². The molecule has 0 bridgehead atoms. The summed E-state index contributed by atoms with van der Waals surface area (Å²) in [5.41, 5.74) is 0. The van der Waals surface area contributed by atoms with E-state index >= 15 is 0 Å². The Hall–Kier alpha value is -0.0800. The largest absolute Gasteiger partial charge is 0.381 e. The van der Waals surface area contributed by atoms with Crippen LogP contribution in [0.2, 0.25) is 0 Å². The van der Waals surface area contributed by atoms with Gasteiger partial charge in [-0.05, 0) is 12.5 Å². The van der Waals surface area contributed by atoms with Gasteiger partial charge in [0.2, 0.25) is 0 Å². The standard InChI is InChI=1S/C10H21NO/c1-4-11(5-9(2)3)6-10-7-12-8-10/h9-10H,4-8H2,1-3H3. The Balaban J connectivity index is 2.15. The zero-order valence-corrected chi connectivity index (χ0v) is 8.55. The van der Waals surface area contributed by atoms with Gasteiger partial charge < -0.3 is 9.64 Å². The third kappa shape index (κ3) is 3.11. The fourth-order valence-corrected chi connectivity index (χ4v) is 1.60. The molecule has 1 rings (SSSR count). The number of rotatable bonds is 5. The molecule has 1 aliphatic rings. The molecule has 0 N–H and O–H groups in total. The Morgan fingerprint density at radius 3 is 2.42 bits per heavy atom. The molecule has 1 fully saturated rings. The molecule has 0 radical (unpaired) electrons. The molecule has 1 heterocycles. The third-order valence-corrected chi connectivity index (χ3v) is 2.29. The van der Waals surface area contributed by atoms with E-state index in [1.165, 1.54) is 19.6 Å². The molecule has 72 valence electrons. The molecule has 2 heteroatoms. The highest BCUT2D eigenvalue weighted by Crippen LogP contribution is 2.12. The summed E-state index contributed by atoms with van der Waals surface area (Å²) in [7, 11) is 0. The topological polar surface area (TPSA) is 12.5 Å². The zero-order chi connectivity index (χ0) is 8.97. The summed E-state index contributed by atoms with van der Waals surface area (Å²) in [5.74, 6) is 1.59. The second-order valence-electron chi connectivity index (χ2n) is 4.15. The molecule has 1 saturated heterocycles. The second-order valence-corrected chi connectivity index (χ2v) is 4.15. The number of nitrogens with zero attached hydrogens (tertiary/aromatic N) is 1. The van der Waals surface area contributed by atoms with Gasteiger partial charge >= 0.3 is 0 Å². The van der Waals surface area contributed by atoms with E-state index in [4.69, 9.17) is 4.74 Å². The minimum absolute atomic E-state index is 0.783. The maximum atomic E-state index is 5.16. The summed E-state index contributed by atoms with van der Waals surface area (Å²) in [6, 6.07) is 0. The molecular formula is C10H21NO. The van der Waals surface area contributed by atoms with Crippen molar-refractivity contribution in [2.24, 2.45) is 11.8 Å². The van der Waals surface area contributed by atoms with Crippen LogP contribution in [0.4, 0.5) is 0 Å². The summed E-state index contributed by atoms with van der Waals surface area (Å²) in [6.07, 6.45) is 0. The second kappa shape index (κ2) is 4.83. The number of hydrogen-bond donors (Lipinski definition) is 0. The van der Waals surface area contributed by atoms with Crippen molar-refractivity contribution in [1.29, 1.82) is 0 Å². The molecule has 0 aliphatic carbocycles. The van der Waals surface area contributed by atoms with E-state index < -0.39 is 0 Å². The summed E-state index contributed by atoms with van der Waals surface area (Å²) in [5, 5.41) is 0. The lowest BCUT2D eigenvalue weighted by molar-refractivity contribution is -0.0469. The normalized spacial score (nSPS) is 18.8. The zero-order valence-electron chi connectivity index (χ0n) is 8.55. The van der Waals surface area contributed by atoms with Gasteiger partial charge in [-0.3, -0.25) is 0 Å². The van der Waals surface area contributed by atoms with Crippen molar-refractivity contribution in [1.82, 2.24) is 4.90 Å². The van der Waals surface area contributed by atoms with E-state index in [1.807, 2.05) is 0 Å². The van der Waals surface area contributed by atoms with Crippen LogP contribution < -0.4 is 0 Å². The Bertz CT molecular complexity index is 121. The van der Waals surface area contributed by atoms with Crippen molar-refractivity contribution in [3.8, 4) is 0 Å². The fourth-order valence-electron chi connectivity index (χ4n) is 1.60. The van der Waals surface area contributed by atoms with E-state index in [-0.39, 0.29) is 0 Å². The average Bonchev–Trinajstić information content (AvgIpc) is 1.93.